The molecule has 0 bridgehead atoms. The summed E-state index contributed by atoms with van der Waals surface area (Å²) in [5.74, 6) is 0. The number of hydrogen-bond acceptors (Lipinski definition) is 10. The summed E-state index contributed by atoms with van der Waals surface area (Å²) in [6, 6.07) is 51.3. The monoisotopic (exact) mass is 1020 g/mol. The van der Waals surface area contributed by atoms with Crippen LogP contribution in [-0.4, -0.2) is 8.07 Å². The second kappa shape index (κ2) is 18.8. The molecule has 0 fully saturated rings. The first-order valence-corrected chi connectivity index (χ1v) is 32.8. The van der Waals surface area contributed by atoms with Crippen molar-refractivity contribution in [1.82, 2.24) is 0 Å². The van der Waals surface area contributed by atoms with E-state index in [1.807, 2.05) is 113 Å². The van der Waals surface area contributed by atoms with E-state index in [9.17, 15) is 0 Å². The van der Waals surface area contributed by atoms with Crippen LogP contribution in [0.3, 0.4) is 0 Å². The van der Waals surface area contributed by atoms with Crippen molar-refractivity contribution in [1.29, 1.82) is 0 Å². The van der Waals surface area contributed by atoms with Gasteiger partial charge in [-0.25, -0.2) is 0 Å². The van der Waals surface area contributed by atoms with Crippen molar-refractivity contribution in [3.05, 3.63) is 224 Å². The Morgan fingerprint density at radius 1 is 0.302 bits per heavy atom. The third kappa shape index (κ3) is 6.46. The van der Waals surface area contributed by atoms with E-state index in [0.29, 0.717) is 0 Å². The van der Waals surface area contributed by atoms with Gasteiger partial charge in [0.2, 0.25) is 0 Å². The molecule has 10 rings (SSSR count). The molecule has 0 spiro atoms. The standard InChI is InChI=1S/C52H48S10Si/c1-3-5-37-63(38-6-4-2,51(45-23-13-33-59-45,46-24-14-34-60-46)49(39-17-7-27-53-39,40-18-8-28-54-40)41-19-9-29-55-41)52(47-25-15-35-61-47,48-26-16-36-62-48)50(42-20-10-30-56-42,43-21-11-31-57-43)44-22-12-32-58-44/h7-36H,3-6,37-38H2,1-2H3. The van der Waals surface area contributed by atoms with Crippen LogP contribution in [0.5, 0.6) is 0 Å². The fourth-order valence-electron chi connectivity index (χ4n) is 11.5. The molecule has 10 heterocycles. The van der Waals surface area contributed by atoms with E-state index >= 15 is 0 Å². The highest BCUT2D eigenvalue weighted by Crippen LogP contribution is 2.75. The molecule has 320 valence electrons. The maximum atomic E-state index is 2.59. The van der Waals surface area contributed by atoms with Gasteiger partial charge in [-0.15, -0.1) is 113 Å². The van der Waals surface area contributed by atoms with E-state index in [0.717, 1.165) is 37.8 Å². The van der Waals surface area contributed by atoms with Crippen molar-refractivity contribution in [2.24, 2.45) is 0 Å². The van der Waals surface area contributed by atoms with Crippen LogP contribution in [0.2, 0.25) is 12.1 Å². The molecule has 0 nitrogen and oxygen atoms in total. The van der Waals surface area contributed by atoms with Gasteiger partial charge in [0.25, 0.3) is 0 Å². The minimum atomic E-state index is -3.34. The molecular weight excluding hydrogens is 973 g/mol. The zero-order chi connectivity index (χ0) is 42.8. The fourth-order valence-corrected chi connectivity index (χ4v) is 34.0. The van der Waals surface area contributed by atoms with Gasteiger partial charge in [0.1, 0.15) is 0 Å². The van der Waals surface area contributed by atoms with E-state index < -0.39 is 29.0 Å². The number of rotatable bonds is 20. The molecule has 0 aliphatic carbocycles. The van der Waals surface area contributed by atoms with Crippen molar-refractivity contribution in [3.8, 4) is 0 Å². The van der Waals surface area contributed by atoms with Crippen LogP contribution in [0.1, 0.15) is 88.3 Å². The Labute approximate surface area is 413 Å². The lowest BCUT2D eigenvalue weighted by molar-refractivity contribution is 0.418. The summed E-state index contributed by atoms with van der Waals surface area (Å²) in [6.07, 6.45) is 4.56. The van der Waals surface area contributed by atoms with Crippen LogP contribution >= 0.6 is 113 Å². The summed E-state index contributed by atoms with van der Waals surface area (Å²) in [5, 5.41) is 22.7. The van der Waals surface area contributed by atoms with Crippen molar-refractivity contribution in [2.75, 3.05) is 0 Å². The van der Waals surface area contributed by atoms with Gasteiger partial charge in [-0.1, -0.05) is 112 Å². The summed E-state index contributed by atoms with van der Waals surface area (Å²) >= 11 is 19.9. The Morgan fingerprint density at radius 2 is 0.492 bits per heavy atom. The average molecular weight is 1020 g/mol. The molecule has 0 aromatic carbocycles. The Morgan fingerprint density at radius 3 is 0.651 bits per heavy atom. The molecule has 0 amide bonds. The second-order valence-corrected chi connectivity index (χ2v) is 30.2. The minimum Gasteiger partial charge on any atom is -0.148 e. The third-order valence-electron chi connectivity index (χ3n) is 13.4. The fraction of sp³-hybridized carbons (Fsp3) is 0.231. The SMILES string of the molecule is CCCC[Si](CCCC)(C(c1cccs1)(c1cccs1)C(c1cccs1)(c1cccs1)c1cccs1)C(c1cccs1)(c1cccs1)C(c1cccs1)(c1cccs1)c1cccs1. The van der Waals surface area contributed by atoms with Gasteiger partial charge >= 0.3 is 0 Å². The lowest BCUT2D eigenvalue weighted by Crippen LogP contribution is -2.79. The predicted molar refractivity (Wildman–Crippen MR) is 290 cm³/mol. The molecule has 0 aliphatic heterocycles. The van der Waals surface area contributed by atoms with Gasteiger partial charge < -0.3 is 0 Å². The van der Waals surface area contributed by atoms with Crippen LogP contribution in [0, 0.1) is 0 Å². The van der Waals surface area contributed by atoms with E-state index in [-0.39, 0.29) is 0 Å². The Hall–Kier alpha value is -2.78. The van der Waals surface area contributed by atoms with E-state index in [1.54, 1.807) is 0 Å². The van der Waals surface area contributed by atoms with Crippen LogP contribution < -0.4 is 0 Å². The summed E-state index contributed by atoms with van der Waals surface area (Å²) < 4.78 is 0. The first-order chi connectivity index (χ1) is 31.2. The highest BCUT2D eigenvalue weighted by molar-refractivity contribution is 7.19. The Balaban J connectivity index is 1.59. The first kappa shape index (κ1) is 44.1. The lowest BCUT2D eigenvalue weighted by atomic mass is 9.67. The van der Waals surface area contributed by atoms with Crippen LogP contribution in [0.4, 0.5) is 0 Å². The minimum absolute atomic E-state index is 0.516. The molecule has 0 radical (unpaired) electrons. The smallest absolute Gasteiger partial charge is 0.0951 e. The first-order valence-electron chi connectivity index (χ1n) is 21.6. The molecule has 0 unspecified atom stereocenters. The number of unbranched alkanes of at least 4 members (excludes halogenated alkanes) is 2. The molecule has 0 saturated carbocycles. The maximum Gasteiger partial charge on any atom is 0.0951 e. The number of thiophene rings is 10. The normalized spacial score (nSPS) is 13.0. The van der Waals surface area contributed by atoms with Gasteiger partial charge in [0, 0.05) is 48.8 Å². The summed E-state index contributed by atoms with van der Waals surface area (Å²) in [4.78, 5) is 14.7. The molecule has 0 aliphatic rings. The Bertz CT molecular complexity index is 2350. The Kier molecular flexibility index (Phi) is 13.2. The maximum absolute atomic E-state index is 3.34. The topological polar surface area (TPSA) is 0 Å². The lowest BCUT2D eigenvalue weighted by Gasteiger charge is -2.68. The van der Waals surface area contributed by atoms with Gasteiger partial charge in [-0.3, -0.25) is 0 Å². The van der Waals surface area contributed by atoms with Crippen LogP contribution in [0.25, 0.3) is 0 Å². The molecular formula is C52H48S10Si. The molecule has 63 heavy (non-hydrogen) atoms. The van der Waals surface area contributed by atoms with Crippen molar-refractivity contribution >= 4 is 121 Å². The summed E-state index contributed by atoms with van der Waals surface area (Å²) in [5.41, 5.74) is -1.11. The molecule has 0 atom stereocenters. The highest BCUT2D eigenvalue weighted by Gasteiger charge is 2.80. The molecule has 0 saturated heterocycles. The quantitative estimate of drug-likeness (QED) is 0.0668. The van der Waals surface area contributed by atoms with Gasteiger partial charge in [0.15, 0.2) is 0 Å². The highest BCUT2D eigenvalue weighted by atomic mass is 32.1. The van der Waals surface area contributed by atoms with Gasteiger partial charge in [0.05, 0.1) is 29.0 Å². The molecule has 10 aromatic rings. The zero-order valence-corrected chi connectivity index (χ0v) is 44.3. The van der Waals surface area contributed by atoms with Crippen molar-refractivity contribution in [2.45, 2.75) is 72.5 Å². The summed E-state index contributed by atoms with van der Waals surface area (Å²) in [7, 11) is -3.34. The van der Waals surface area contributed by atoms with Crippen LogP contribution in [0.15, 0.2) is 175 Å². The largest absolute Gasteiger partial charge is 0.148 e. The van der Waals surface area contributed by atoms with Gasteiger partial charge in [-0.05, 0) is 114 Å². The number of hydrogen-bond donors (Lipinski definition) is 0. The van der Waals surface area contributed by atoms with Gasteiger partial charge in [-0.2, -0.15) is 0 Å². The summed E-state index contributed by atoms with van der Waals surface area (Å²) in [6.45, 7) is 4.90. The second-order valence-electron chi connectivity index (χ2n) is 16.1. The van der Waals surface area contributed by atoms with Crippen LogP contribution in [-0.2, 0) is 20.9 Å². The third-order valence-corrected chi connectivity index (χ3v) is 31.1. The van der Waals surface area contributed by atoms with Crippen molar-refractivity contribution < 1.29 is 0 Å². The van der Waals surface area contributed by atoms with Crippen molar-refractivity contribution in [3.63, 3.8) is 0 Å². The van der Waals surface area contributed by atoms with E-state index in [4.69, 9.17) is 0 Å². The zero-order valence-electron chi connectivity index (χ0n) is 35.1. The average Bonchev–Trinajstić information content (AvgIpc) is 4.18. The predicted octanol–water partition coefficient (Wildman–Crippen LogP) is 18.8. The molecule has 11 heteroatoms. The molecule has 0 N–H and O–H groups in total. The van der Waals surface area contributed by atoms with E-state index in [2.05, 4.69) is 189 Å². The van der Waals surface area contributed by atoms with E-state index in [1.165, 1.54) is 48.8 Å². The molecule has 10 aromatic heterocycles.